The molecule has 0 atom stereocenters. The number of nitrogens with one attached hydrogen (secondary N) is 1. The first kappa shape index (κ1) is 21.4. The number of piperidine rings is 1. The third kappa shape index (κ3) is 3.93. The number of carbonyl (C=O) groups excluding carboxylic acids is 1. The number of aryl methyl sites for hydroxylation is 1. The maximum Gasteiger partial charge on any atom is 0.471 e. The molecule has 2 aromatic carbocycles. The number of nitrogens with zero attached hydrogens (tertiary/aromatic N) is 4. The molecule has 0 saturated carbocycles. The predicted molar refractivity (Wildman–Crippen MR) is 121 cm³/mol. The van der Waals surface area contributed by atoms with Crippen LogP contribution in [0.4, 0.5) is 18.9 Å². The Morgan fingerprint density at radius 3 is 2.61 bits per heavy atom. The van der Waals surface area contributed by atoms with Gasteiger partial charge in [0.2, 0.25) is 0 Å². The van der Waals surface area contributed by atoms with Crippen LogP contribution in [0.5, 0.6) is 0 Å². The molecule has 1 aliphatic rings. The largest absolute Gasteiger partial charge is 0.471 e. The number of fused-ring (bicyclic) bond motifs is 2. The Morgan fingerprint density at radius 2 is 1.85 bits per heavy atom. The minimum Gasteiger partial charge on any atom is -0.351 e. The standard InChI is InChI=1S/C24H22F3N5O/c1-31-11-6-15-2-3-16(12-21(15)31)19-13-18(14-20-22(19)30-10-9-29-20)32(23(33)24(25,26)27)17-4-7-28-8-5-17/h2-3,6,9-14,17,28H,4-5,7-8H2,1H3. The van der Waals surface area contributed by atoms with Crippen LogP contribution >= 0.6 is 0 Å². The highest BCUT2D eigenvalue weighted by atomic mass is 19.4. The molecule has 0 unspecified atom stereocenters. The Kier molecular flexibility index (Phi) is 5.28. The van der Waals surface area contributed by atoms with Crippen LogP contribution in [0, 0.1) is 0 Å². The molecular weight excluding hydrogens is 431 g/mol. The van der Waals surface area contributed by atoms with E-state index in [1.165, 1.54) is 12.3 Å². The first-order chi connectivity index (χ1) is 15.8. The number of anilines is 1. The minimum absolute atomic E-state index is 0.180. The van der Waals surface area contributed by atoms with E-state index in [2.05, 4.69) is 15.3 Å². The SMILES string of the molecule is Cn1ccc2ccc(-c3cc(N(C(=O)C(F)(F)F)C4CCNCC4)cc4nccnc34)cc21. The Labute approximate surface area is 188 Å². The number of carbonyl (C=O) groups is 1. The molecule has 1 fully saturated rings. The Morgan fingerprint density at radius 1 is 1.09 bits per heavy atom. The summed E-state index contributed by atoms with van der Waals surface area (Å²) < 4.78 is 42.8. The zero-order valence-electron chi connectivity index (χ0n) is 17.9. The highest BCUT2D eigenvalue weighted by Crippen LogP contribution is 2.36. The van der Waals surface area contributed by atoms with Crippen molar-refractivity contribution in [3.63, 3.8) is 0 Å². The average Bonchev–Trinajstić information content (AvgIpc) is 3.19. The Hall–Kier alpha value is -3.46. The molecule has 0 radical (unpaired) electrons. The van der Waals surface area contributed by atoms with E-state index in [-0.39, 0.29) is 5.69 Å². The summed E-state index contributed by atoms with van der Waals surface area (Å²) in [5.41, 5.74) is 3.59. The average molecular weight is 453 g/mol. The number of aromatic nitrogens is 3. The van der Waals surface area contributed by atoms with Crippen LogP contribution in [0.15, 0.2) is 55.0 Å². The molecule has 1 amide bonds. The van der Waals surface area contributed by atoms with Crippen molar-refractivity contribution in [1.29, 1.82) is 0 Å². The topological polar surface area (TPSA) is 63.1 Å². The quantitative estimate of drug-likeness (QED) is 0.498. The van der Waals surface area contributed by atoms with Crippen LogP contribution in [-0.4, -0.2) is 45.7 Å². The molecule has 1 saturated heterocycles. The number of rotatable bonds is 3. The molecule has 4 aromatic rings. The maximum absolute atomic E-state index is 13.6. The van der Waals surface area contributed by atoms with Gasteiger partial charge in [0.1, 0.15) is 0 Å². The fourth-order valence-electron chi connectivity index (χ4n) is 4.54. The monoisotopic (exact) mass is 453 g/mol. The van der Waals surface area contributed by atoms with Crippen molar-refractivity contribution in [3.8, 4) is 11.1 Å². The molecule has 6 nitrogen and oxygen atoms in total. The van der Waals surface area contributed by atoms with E-state index >= 15 is 0 Å². The second kappa shape index (κ2) is 8.15. The molecule has 3 heterocycles. The van der Waals surface area contributed by atoms with Gasteiger partial charge in [-0.2, -0.15) is 13.2 Å². The summed E-state index contributed by atoms with van der Waals surface area (Å²) in [6, 6.07) is 10.4. The van der Waals surface area contributed by atoms with Gasteiger partial charge in [-0.1, -0.05) is 12.1 Å². The van der Waals surface area contributed by atoms with Crippen molar-refractivity contribution in [1.82, 2.24) is 19.9 Å². The van der Waals surface area contributed by atoms with E-state index in [9.17, 15) is 18.0 Å². The third-order valence-corrected chi connectivity index (χ3v) is 6.17. The minimum atomic E-state index is -4.98. The lowest BCUT2D eigenvalue weighted by Gasteiger charge is -2.35. The van der Waals surface area contributed by atoms with Crippen LogP contribution < -0.4 is 10.2 Å². The lowest BCUT2D eigenvalue weighted by molar-refractivity contribution is -0.171. The zero-order valence-corrected chi connectivity index (χ0v) is 17.9. The summed E-state index contributed by atoms with van der Waals surface area (Å²) in [4.78, 5) is 22.3. The van der Waals surface area contributed by atoms with Gasteiger partial charge in [-0.3, -0.25) is 14.8 Å². The van der Waals surface area contributed by atoms with E-state index in [0.717, 1.165) is 21.4 Å². The van der Waals surface area contributed by atoms with Crippen molar-refractivity contribution in [3.05, 3.63) is 55.0 Å². The Bertz CT molecular complexity index is 1340. The smallest absolute Gasteiger partial charge is 0.351 e. The van der Waals surface area contributed by atoms with Crippen LogP contribution in [0.25, 0.3) is 33.1 Å². The zero-order chi connectivity index (χ0) is 23.2. The van der Waals surface area contributed by atoms with Gasteiger partial charge < -0.3 is 14.8 Å². The summed E-state index contributed by atoms with van der Waals surface area (Å²) in [5.74, 6) is -1.86. The van der Waals surface area contributed by atoms with Gasteiger partial charge in [-0.05, 0) is 61.1 Å². The lowest BCUT2D eigenvalue weighted by Crippen LogP contribution is -2.51. The highest BCUT2D eigenvalue weighted by molar-refractivity contribution is 6.03. The van der Waals surface area contributed by atoms with Gasteiger partial charge in [-0.25, -0.2) is 0 Å². The Balaban J connectivity index is 1.72. The van der Waals surface area contributed by atoms with E-state index < -0.39 is 18.1 Å². The fraction of sp³-hybridized carbons (Fsp3) is 0.292. The predicted octanol–water partition coefficient (Wildman–Crippen LogP) is 4.44. The number of halogens is 3. The molecule has 1 N–H and O–H groups in total. The summed E-state index contributed by atoms with van der Waals surface area (Å²) in [7, 11) is 1.93. The number of amides is 1. The lowest BCUT2D eigenvalue weighted by atomic mass is 9.99. The van der Waals surface area contributed by atoms with Gasteiger partial charge in [-0.15, -0.1) is 0 Å². The van der Waals surface area contributed by atoms with E-state index in [1.807, 2.05) is 42.1 Å². The van der Waals surface area contributed by atoms with Gasteiger partial charge in [0.25, 0.3) is 0 Å². The molecular formula is C24H22F3N5O. The summed E-state index contributed by atoms with van der Waals surface area (Å²) >= 11 is 0. The maximum atomic E-state index is 13.6. The van der Waals surface area contributed by atoms with Crippen LogP contribution in [0.1, 0.15) is 12.8 Å². The molecule has 170 valence electrons. The molecule has 33 heavy (non-hydrogen) atoms. The highest BCUT2D eigenvalue weighted by Gasteiger charge is 2.45. The molecule has 9 heteroatoms. The van der Waals surface area contributed by atoms with Gasteiger partial charge in [0, 0.05) is 48.4 Å². The van der Waals surface area contributed by atoms with Crippen LogP contribution in [-0.2, 0) is 11.8 Å². The normalized spacial score (nSPS) is 15.3. The first-order valence-electron chi connectivity index (χ1n) is 10.7. The molecule has 0 spiro atoms. The van der Waals surface area contributed by atoms with Gasteiger partial charge >= 0.3 is 12.1 Å². The molecule has 1 aliphatic heterocycles. The third-order valence-electron chi connectivity index (χ3n) is 6.17. The first-order valence-corrected chi connectivity index (χ1v) is 10.7. The number of hydrogen-bond donors (Lipinski definition) is 1. The van der Waals surface area contributed by atoms with Crippen molar-refractivity contribution in [2.75, 3.05) is 18.0 Å². The molecule has 0 bridgehead atoms. The van der Waals surface area contributed by atoms with Crippen molar-refractivity contribution >= 4 is 33.5 Å². The summed E-state index contributed by atoms with van der Waals surface area (Å²) in [5, 5.41) is 4.19. The van der Waals surface area contributed by atoms with E-state index in [0.29, 0.717) is 42.5 Å². The summed E-state index contributed by atoms with van der Waals surface area (Å²) in [6.45, 7) is 1.10. The van der Waals surface area contributed by atoms with Crippen molar-refractivity contribution in [2.24, 2.45) is 7.05 Å². The number of hydrogen-bond acceptors (Lipinski definition) is 4. The second-order valence-electron chi connectivity index (χ2n) is 8.27. The van der Waals surface area contributed by atoms with Crippen molar-refractivity contribution in [2.45, 2.75) is 25.1 Å². The van der Waals surface area contributed by atoms with Crippen molar-refractivity contribution < 1.29 is 18.0 Å². The summed E-state index contributed by atoms with van der Waals surface area (Å²) in [6.07, 6.45) is 0.888. The van der Waals surface area contributed by atoms with E-state index in [1.54, 1.807) is 12.3 Å². The fourth-order valence-corrected chi connectivity index (χ4v) is 4.54. The molecule has 0 aliphatic carbocycles. The van der Waals surface area contributed by atoms with E-state index in [4.69, 9.17) is 0 Å². The number of benzene rings is 2. The second-order valence-corrected chi connectivity index (χ2v) is 8.27. The molecule has 2 aromatic heterocycles. The van der Waals surface area contributed by atoms with Gasteiger partial charge in [0.15, 0.2) is 0 Å². The van der Waals surface area contributed by atoms with Gasteiger partial charge in [0.05, 0.1) is 11.0 Å². The number of alkyl halides is 3. The molecule has 5 rings (SSSR count). The van der Waals surface area contributed by atoms with Crippen LogP contribution in [0.2, 0.25) is 0 Å². The van der Waals surface area contributed by atoms with Crippen LogP contribution in [0.3, 0.4) is 0 Å².